The van der Waals surface area contributed by atoms with E-state index in [-0.39, 0.29) is 12.2 Å². The average Bonchev–Trinajstić information content (AvgIpc) is 2.43. The molecule has 0 spiro atoms. The van der Waals surface area contributed by atoms with Crippen LogP contribution >= 0.6 is 15.9 Å². The van der Waals surface area contributed by atoms with E-state index in [1.807, 2.05) is 25.1 Å². The van der Waals surface area contributed by atoms with Crippen molar-refractivity contribution in [2.24, 2.45) is 0 Å². The number of nitrogen functional groups attached to an aromatic ring is 1. The molecule has 2 N–H and O–H groups in total. The lowest BCUT2D eigenvalue weighted by Crippen LogP contribution is -2.08. The van der Waals surface area contributed by atoms with Gasteiger partial charge in [-0.15, -0.1) is 0 Å². The van der Waals surface area contributed by atoms with Gasteiger partial charge in [-0.3, -0.25) is 4.79 Å². The first-order valence-electron chi connectivity index (χ1n) is 6.09. The second-order valence-electron chi connectivity index (χ2n) is 4.56. The van der Waals surface area contributed by atoms with Crippen molar-refractivity contribution in [3.05, 3.63) is 63.1 Å². The van der Waals surface area contributed by atoms with Gasteiger partial charge < -0.3 is 5.73 Å². The normalized spacial score (nSPS) is 10.1. The van der Waals surface area contributed by atoms with E-state index in [1.165, 1.54) is 0 Å². The molecule has 4 heteroatoms. The van der Waals surface area contributed by atoms with Crippen molar-refractivity contribution in [3.8, 4) is 6.07 Å². The standard InChI is InChI=1S/C16H13BrN2O/c1-10-8-12(6-7-18)15(19)14(9-10)16(20)11-2-4-13(17)5-3-11/h2-5,8-9H,6,19H2,1H3. The quantitative estimate of drug-likeness (QED) is 0.690. The van der Waals surface area contributed by atoms with Crippen molar-refractivity contribution in [1.29, 1.82) is 5.26 Å². The van der Waals surface area contributed by atoms with Gasteiger partial charge in [-0.25, -0.2) is 0 Å². The molecule has 0 fully saturated rings. The van der Waals surface area contributed by atoms with Crippen molar-refractivity contribution < 1.29 is 4.79 Å². The van der Waals surface area contributed by atoms with E-state index in [9.17, 15) is 4.79 Å². The highest BCUT2D eigenvalue weighted by molar-refractivity contribution is 9.10. The van der Waals surface area contributed by atoms with Crippen LogP contribution in [0.1, 0.15) is 27.0 Å². The van der Waals surface area contributed by atoms with Crippen LogP contribution in [-0.4, -0.2) is 5.78 Å². The minimum atomic E-state index is -0.127. The largest absolute Gasteiger partial charge is 0.398 e. The maximum Gasteiger partial charge on any atom is 0.195 e. The summed E-state index contributed by atoms with van der Waals surface area (Å²) in [6.07, 6.45) is 0.203. The number of carbonyl (C=O) groups is 1. The Morgan fingerprint density at radius 3 is 2.55 bits per heavy atom. The Hall–Kier alpha value is -2.12. The molecule has 0 aliphatic heterocycles. The summed E-state index contributed by atoms with van der Waals surface area (Å²) < 4.78 is 0.913. The molecule has 2 aromatic carbocycles. The molecule has 100 valence electrons. The Bertz CT molecular complexity index is 700. The van der Waals surface area contributed by atoms with E-state index in [0.29, 0.717) is 22.4 Å². The summed E-state index contributed by atoms with van der Waals surface area (Å²) in [6.45, 7) is 1.89. The maximum atomic E-state index is 12.5. The van der Waals surface area contributed by atoms with Gasteiger partial charge in [0.25, 0.3) is 0 Å². The molecule has 0 heterocycles. The highest BCUT2D eigenvalue weighted by Gasteiger charge is 2.15. The second-order valence-corrected chi connectivity index (χ2v) is 5.47. The van der Waals surface area contributed by atoms with E-state index >= 15 is 0 Å². The van der Waals surface area contributed by atoms with Gasteiger partial charge in [0, 0.05) is 21.3 Å². The van der Waals surface area contributed by atoms with Gasteiger partial charge in [-0.05, 0) is 48.4 Å². The Morgan fingerprint density at radius 2 is 1.95 bits per heavy atom. The highest BCUT2D eigenvalue weighted by atomic mass is 79.9. The zero-order valence-electron chi connectivity index (χ0n) is 11.0. The van der Waals surface area contributed by atoms with Gasteiger partial charge in [-0.2, -0.15) is 5.26 Å². The molecule has 20 heavy (non-hydrogen) atoms. The van der Waals surface area contributed by atoms with Crippen LogP contribution in [0.5, 0.6) is 0 Å². The Morgan fingerprint density at radius 1 is 1.30 bits per heavy atom. The van der Waals surface area contributed by atoms with Crippen molar-refractivity contribution in [2.45, 2.75) is 13.3 Å². The lowest BCUT2D eigenvalue weighted by molar-refractivity contribution is 0.103. The van der Waals surface area contributed by atoms with Crippen LogP contribution < -0.4 is 5.73 Å². The van der Waals surface area contributed by atoms with Crippen molar-refractivity contribution >= 4 is 27.4 Å². The number of aryl methyl sites for hydroxylation is 1. The number of hydrogen-bond donors (Lipinski definition) is 1. The number of anilines is 1. The third-order valence-electron chi connectivity index (χ3n) is 3.03. The van der Waals surface area contributed by atoms with Gasteiger partial charge in [0.1, 0.15) is 0 Å². The number of hydrogen-bond acceptors (Lipinski definition) is 3. The fourth-order valence-corrected chi connectivity index (χ4v) is 2.31. The number of carbonyl (C=O) groups excluding carboxylic acids is 1. The Balaban J connectivity index is 2.49. The molecule has 0 bridgehead atoms. The highest BCUT2D eigenvalue weighted by Crippen LogP contribution is 2.24. The minimum Gasteiger partial charge on any atom is -0.398 e. The van der Waals surface area contributed by atoms with Gasteiger partial charge >= 0.3 is 0 Å². The van der Waals surface area contributed by atoms with Gasteiger partial charge in [0.15, 0.2) is 5.78 Å². The third kappa shape index (κ3) is 2.89. The van der Waals surface area contributed by atoms with Crippen LogP contribution in [0.2, 0.25) is 0 Å². The first-order valence-corrected chi connectivity index (χ1v) is 6.88. The molecule has 0 aromatic heterocycles. The SMILES string of the molecule is Cc1cc(CC#N)c(N)c(C(=O)c2ccc(Br)cc2)c1. The molecular formula is C16H13BrN2O. The third-order valence-corrected chi connectivity index (χ3v) is 3.56. The maximum absolute atomic E-state index is 12.5. The van der Waals surface area contributed by atoms with E-state index < -0.39 is 0 Å². The minimum absolute atomic E-state index is 0.127. The predicted octanol–water partition coefficient (Wildman–Crippen LogP) is 3.64. The van der Waals surface area contributed by atoms with Crippen LogP contribution in [0, 0.1) is 18.3 Å². The molecule has 0 aliphatic rings. The Labute approximate surface area is 126 Å². The number of ketones is 1. The smallest absolute Gasteiger partial charge is 0.195 e. The van der Waals surface area contributed by atoms with Crippen LogP contribution in [-0.2, 0) is 6.42 Å². The monoisotopic (exact) mass is 328 g/mol. The number of nitrogens with zero attached hydrogens (tertiary/aromatic N) is 1. The molecule has 0 saturated heterocycles. The van der Waals surface area contributed by atoms with Crippen LogP contribution in [0.25, 0.3) is 0 Å². The summed E-state index contributed by atoms with van der Waals surface area (Å²) in [5.74, 6) is -0.127. The number of nitrogens with two attached hydrogens (primary N) is 1. The van der Waals surface area contributed by atoms with Crippen molar-refractivity contribution in [2.75, 3.05) is 5.73 Å². The number of rotatable bonds is 3. The van der Waals surface area contributed by atoms with Crippen LogP contribution in [0.15, 0.2) is 40.9 Å². The van der Waals surface area contributed by atoms with E-state index in [4.69, 9.17) is 11.0 Å². The number of nitriles is 1. The van der Waals surface area contributed by atoms with Gasteiger partial charge in [0.05, 0.1) is 12.5 Å². The Kier molecular flexibility index (Phi) is 4.21. The molecule has 0 saturated carbocycles. The first-order chi connectivity index (χ1) is 9.52. The predicted molar refractivity (Wildman–Crippen MR) is 82.5 cm³/mol. The van der Waals surface area contributed by atoms with E-state index in [0.717, 1.165) is 10.0 Å². The summed E-state index contributed by atoms with van der Waals surface area (Å²) >= 11 is 3.34. The van der Waals surface area contributed by atoms with Gasteiger partial charge in [0.2, 0.25) is 0 Å². The molecule has 0 aliphatic carbocycles. The van der Waals surface area contributed by atoms with Crippen molar-refractivity contribution in [3.63, 3.8) is 0 Å². The first kappa shape index (κ1) is 14.3. The molecule has 2 aromatic rings. The zero-order chi connectivity index (χ0) is 14.7. The fraction of sp³-hybridized carbons (Fsp3) is 0.125. The zero-order valence-corrected chi connectivity index (χ0v) is 12.6. The summed E-state index contributed by atoms with van der Waals surface area (Å²) in [4.78, 5) is 12.5. The van der Waals surface area contributed by atoms with E-state index in [2.05, 4.69) is 22.0 Å². The van der Waals surface area contributed by atoms with E-state index in [1.54, 1.807) is 18.2 Å². The van der Waals surface area contributed by atoms with Crippen molar-refractivity contribution in [1.82, 2.24) is 0 Å². The summed E-state index contributed by atoms with van der Waals surface area (Å²) in [5.41, 5.74) is 9.08. The summed E-state index contributed by atoms with van der Waals surface area (Å²) in [6, 6.07) is 12.8. The van der Waals surface area contributed by atoms with Crippen LogP contribution in [0.3, 0.4) is 0 Å². The average molecular weight is 329 g/mol. The molecule has 0 atom stereocenters. The van der Waals surface area contributed by atoms with Crippen LogP contribution in [0.4, 0.5) is 5.69 Å². The molecular weight excluding hydrogens is 316 g/mol. The molecule has 0 unspecified atom stereocenters. The molecule has 0 amide bonds. The topological polar surface area (TPSA) is 66.9 Å². The lowest BCUT2D eigenvalue weighted by atomic mass is 9.96. The number of benzene rings is 2. The lowest BCUT2D eigenvalue weighted by Gasteiger charge is -2.10. The summed E-state index contributed by atoms with van der Waals surface area (Å²) in [5, 5.41) is 8.82. The molecule has 0 radical (unpaired) electrons. The van der Waals surface area contributed by atoms with Gasteiger partial charge in [-0.1, -0.05) is 22.0 Å². The fourth-order valence-electron chi connectivity index (χ4n) is 2.05. The number of halogens is 1. The second kappa shape index (κ2) is 5.89. The summed E-state index contributed by atoms with van der Waals surface area (Å²) in [7, 11) is 0. The molecule has 2 rings (SSSR count). The molecule has 3 nitrogen and oxygen atoms in total.